The van der Waals surface area contributed by atoms with Gasteiger partial charge in [0.05, 0.1) is 12.8 Å². The molecule has 1 aliphatic carbocycles. The molecule has 2 heterocycles. The predicted molar refractivity (Wildman–Crippen MR) is 114 cm³/mol. The number of carbonyl (C=O) groups excluding carboxylic acids is 1. The minimum absolute atomic E-state index is 0.145. The summed E-state index contributed by atoms with van der Waals surface area (Å²) in [6.07, 6.45) is 11.2. The lowest BCUT2D eigenvalue weighted by atomic mass is 9.96. The van der Waals surface area contributed by atoms with E-state index in [9.17, 15) is 9.90 Å². The molecule has 0 spiro atoms. The van der Waals surface area contributed by atoms with Gasteiger partial charge in [-0.3, -0.25) is 19.6 Å². The smallest absolute Gasteiger partial charge is 0.254 e. The quantitative estimate of drug-likeness (QED) is 0.401. The number of aliphatic hydroxyl groups excluding tert-OH is 1. The highest BCUT2D eigenvalue weighted by Crippen LogP contribution is 2.24. The van der Waals surface area contributed by atoms with E-state index in [4.69, 9.17) is 0 Å². The van der Waals surface area contributed by atoms with Gasteiger partial charge in [0.1, 0.15) is 5.76 Å². The molecule has 1 aliphatic heterocycles. The summed E-state index contributed by atoms with van der Waals surface area (Å²) in [5, 5.41) is 14.3. The molecule has 0 unspecified atom stereocenters. The van der Waals surface area contributed by atoms with Crippen molar-refractivity contribution in [2.24, 2.45) is 5.10 Å². The number of aliphatic hydroxyl groups is 1. The van der Waals surface area contributed by atoms with Crippen molar-refractivity contribution in [3.63, 3.8) is 0 Å². The van der Waals surface area contributed by atoms with E-state index in [-0.39, 0.29) is 11.7 Å². The van der Waals surface area contributed by atoms with Crippen molar-refractivity contribution in [2.45, 2.75) is 25.8 Å². The molecule has 2 N–H and O–H groups in total. The van der Waals surface area contributed by atoms with Gasteiger partial charge in [-0.25, -0.2) is 5.43 Å². The van der Waals surface area contributed by atoms with E-state index < -0.39 is 0 Å². The summed E-state index contributed by atoms with van der Waals surface area (Å²) in [7, 11) is 0. The van der Waals surface area contributed by atoms with Gasteiger partial charge in [0.2, 0.25) is 0 Å². The molecule has 3 rings (SSSR count). The minimum atomic E-state index is -0.145. The van der Waals surface area contributed by atoms with Gasteiger partial charge < -0.3 is 5.11 Å². The van der Waals surface area contributed by atoms with Crippen LogP contribution in [0.4, 0.5) is 0 Å². The fourth-order valence-corrected chi connectivity index (χ4v) is 3.58. The van der Waals surface area contributed by atoms with E-state index >= 15 is 0 Å². The SMILES string of the molecule is C=CCC1=C(O)C(/C=N/NC(=O)CN2CCN(Cc3cccnc3)CC2)=CCC1. The zero-order valence-corrected chi connectivity index (χ0v) is 16.8. The normalized spacial score (nSPS) is 18.7. The maximum Gasteiger partial charge on any atom is 0.254 e. The molecule has 1 amide bonds. The van der Waals surface area contributed by atoms with Gasteiger partial charge in [-0.15, -0.1) is 6.58 Å². The third-order valence-corrected chi connectivity index (χ3v) is 5.16. The molecule has 0 radical (unpaired) electrons. The van der Waals surface area contributed by atoms with Crippen LogP contribution in [-0.4, -0.2) is 64.7 Å². The maximum atomic E-state index is 12.2. The van der Waals surface area contributed by atoms with Crippen molar-refractivity contribution < 1.29 is 9.90 Å². The van der Waals surface area contributed by atoms with E-state index in [2.05, 4.69) is 38.0 Å². The molecular formula is C22H29N5O2. The van der Waals surface area contributed by atoms with Gasteiger partial charge >= 0.3 is 0 Å². The number of hydrogen-bond donors (Lipinski definition) is 2. The summed E-state index contributed by atoms with van der Waals surface area (Å²) in [5.41, 5.74) is 5.38. The van der Waals surface area contributed by atoms with Crippen LogP contribution >= 0.6 is 0 Å². The minimum Gasteiger partial charge on any atom is -0.507 e. The van der Waals surface area contributed by atoms with Crippen molar-refractivity contribution in [1.82, 2.24) is 20.2 Å². The number of aromatic nitrogens is 1. The molecule has 0 saturated carbocycles. The largest absolute Gasteiger partial charge is 0.507 e. The summed E-state index contributed by atoms with van der Waals surface area (Å²) < 4.78 is 0. The lowest BCUT2D eigenvalue weighted by Gasteiger charge is -2.34. The molecule has 1 aromatic rings. The summed E-state index contributed by atoms with van der Waals surface area (Å²) in [4.78, 5) is 20.8. The van der Waals surface area contributed by atoms with Crippen LogP contribution in [0, 0.1) is 0 Å². The van der Waals surface area contributed by atoms with Crippen molar-refractivity contribution in [3.8, 4) is 0 Å². The van der Waals surface area contributed by atoms with E-state index in [1.807, 2.05) is 18.3 Å². The average Bonchev–Trinajstić information content (AvgIpc) is 2.73. The highest BCUT2D eigenvalue weighted by atomic mass is 16.3. The summed E-state index contributed by atoms with van der Waals surface area (Å²) in [5.74, 6) is 0.104. The second kappa shape index (κ2) is 10.7. The van der Waals surface area contributed by atoms with E-state index in [0.29, 0.717) is 18.5 Å². The first kappa shape index (κ1) is 21.0. The molecular weight excluding hydrogens is 366 g/mol. The molecule has 1 saturated heterocycles. The molecule has 2 aliphatic rings. The van der Waals surface area contributed by atoms with Crippen LogP contribution in [-0.2, 0) is 11.3 Å². The standard InChI is InChI=1S/C22H29N5O2/c1-2-5-19-7-3-8-20(22(19)29)15-24-25-21(28)17-27-12-10-26(11-13-27)16-18-6-4-9-23-14-18/h2,4,6,8-9,14-15,29H,1,3,5,7,10-13,16-17H2,(H,25,28)/b24-15+. The topological polar surface area (TPSA) is 81.1 Å². The number of nitrogens with one attached hydrogen (secondary N) is 1. The summed E-state index contributed by atoms with van der Waals surface area (Å²) in [6, 6.07) is 4.04. The van der Waals surface area contributed by atoms with Gasteiger partial charge in [-0.2, -0.15) is 5.10 Å². The zero-order valence-electron chi connectivity index (χ0n) is 16.8. The van der Waals surface area contributed by atoms with E-state index in [1.165, 1.54) is 11.8 Å². The average molecular weight is 396 g/mol. The van der Waals surface area contributed by atoms with Crippen LogP contribution in [0.15, 0.2) is 65.3 Å². The van der Waals surface area contributed by atoms with Crippen molar-refractivity contribution >= 4 is 12.1 Å². The Morgan fingerprint density at radius 3 is 2.83 bits per heavy atom. The first-order valence-electron chi connectivity index (χ1n) is 10.0. The van der Waals surface area contributed by atoms with E-state index in [1.54, 1.807) is 12.3 Å². The van der Waals surface area contributed by atoms with Crippen LogP contribution in [0.3, 0.4) is 0 Å². The Hall–Kier alpha value is -2.77. The third-order valence-electron chi connectivity index (χ3n) is 5.16. The maximum absolute atomic E-state index is 12.2. The molecule has 29 heavy (non-hydrogen) atoms. The van der Waals surface area contributed by atoms with Gasteiger partial charge in [-0.1, -0.05) is 18.2 Å². The molecule has 0 atom stereocenters. The van der Waals surface area contributed by atoms with Crippen LogP contribution in [0.2, 0.25) is 0 Å². The third kappa shape index (κ3) is 6.37. The molecule has 0 bridgehead atoms. The van der Waals surface area contributed by atoms with Crippen LogP contribution in [0.25, 0.3) is 0 Å². The molecule has 7 heteroatoms. The van der Waals surface area contributed by atoms with Gasteiger partial charge in [0.15, 0.2) is 0 Å². The molecule has 7 nitrogen and oxygen atoms in total. The van der Waals surface area contributed by atoms with E-state index in [0.717, 1.165) is 51.1 Å². The molecule has 154 valence electrons. The van der Waals surface area contributed by atoms with Crippen LogP contribution in [0.5, 0.6) is 0 Å². The fourth-order valence-electron chi connectivity index (χ4n) is 3.58. The lowest BCUT2D eigenvalue weighted by Crippen LogP contribution is -2.48. The van der Waals surface area contributed by atoms with Crippen molar-refractivity contribution in [3.05, 3.63) is 65.7 Å². The van der Waals surface area contributed by atoms with Crippen LogP contribution < -0.4 is 5.43 Å². The monoisotopic (exact) mass is 395 g/mol. The number of piperazine rings is 1. The second-order valence-electron chi connectivity index (χ2n) is 7.35. The highest BCUT2D eigenvalue weighted by Gasteiger charge is 2.19. The highest BCUT2D eigenvalue weighted by molar-refractivity contribution is 5.86. The number of pyridine rings is 1. The lowest BCUT2D eigenvalue weighted by molar-refractivity contribution is -0.122. The number of hydrazone groups is 1. The number of nitrogens with zero attached hydrogens (tertiary/aromatic N) is 4. The number of rotatable bonds is 8. The Balaban J connectivity index is 1.40. The first-order valence-corrected chi connectivity index (χ1v) is 10.0. The first-order chi connectivity index (χ1) is 14.2. The Bertz CT molecular complexity index is 793. The Morgan fingerprint density at radius 2 is 2.10 bits per heavy atom. The Morgan fingerprint density at radius 1 is 1.31 bits per heavy atom. The van der Waals surface area contributed by atoms with Crippen molar-refractivity contribution in [2.75, 3.05) is 32.7 Å². The van der Waals surface area contributed by atoms with Gasteiger partial charge in [0.25, 0.3) is 5.91 Å². The number of amides is 1. The van der Waals surface area contributed by atoms with Gasteiger partial charge in [0, 0.05) is 50.7 Å². The second-order valence-corrected chi connectivity index (χ2v) is 7.35. The van der Waals surface area contributed by atoms with Gasteiger partial charge in [-0.05, 0) is 36.5 Å². The number of allylic oxidation sites excluding steroid dienone is 4. The summed E-state index contributed by atoms with van der Waals surface area (Å²) >= 11 is 0. The van der Waals surface area contributed by atoms with Crippen LogP contribution in [0.1, 0.15) is 24.8 Å². The molecule has 0 aromatic carbocycles. The fraction of sp³-hybridized carbons (Fsp3) is 0.409. The predicted octanol–water partition coefficient (Wildman–Crippen LogP) is 2.41. The summed E-state index contributed by atoms with van der Waals surface area (Å²) in [6.45, 7) is 8.45. The Labute approximate surface area is 172 Å². The molecule has 1 aromatic heterocycles. The van der Waals surface area contributed by atoms with Crippen molar-refractivity contribution in [1.29, 1.82) is 0 Å². The number of hydrogen-bond acceptors (Lipinski definition) is 6. The Kier molecular flexibility index (Phi) is 7.72. The molecule has 1 fully saturated rings. The zero-order chi connectivity index (χ0) is 20.5. The number of carbonyl (C=O) groups is 1.